The van der Waals surface area contributed by atoms with Gasteiger partial charge >= 0.3 is 5.97 Å². The highest BCUT2D eigenvalue weighted by Gasteiger charge is 2.32. The first-order chi connectivity index (χ1) is 8.50. The second kappa shape index (κ2) is 4.64. The first-order valence-electron chi connectivity index (χ1n) is 5.76. The summed E-state index contributed by atoms with van der Waals surface area (Å²) < 4.78 is 4.93. The monoisotopic (exact) mass is 245 g/mol. The Morgan fingerprint density at radius 1 is 1.39 bits per heavy atom. The van der Waals surface area contributed by atoms with Gasteiger partial charge in [0.15, 0.2) is 6.10 Å². The zero-order valence-electron chi connectivity index (χ0n) is 10.6. The first kappa shape index (κ1) is 12.4. The molecule has 1 aromatic carbocycles. The zero-order chi connectivity index (χ0) is 13.3. The molecule has 1 N–H and O–H groups in total. The molecule has 0 aromatic heterocycles. The number of para-hydroxylation sites is 1. The van der Waals surface area contributed by atoms with Crippen LogP contribution in [-0.4, -0.2) is 22.9 Å². The molecule has 18 heavy (non-hydrogen) atoms. The van der Waals surface area contributed by atoms with Crippen LogP contribution in [0.15, 0.2) is 40.6 Å². The second-order valence-corrected chi connectivity index (χ2v) is 4.29. The largest absolute Gasteiger partial charge is 0.507 e. The van der Waals surface area contributed by atoms with Gasteiger partial charge in [0.25, 0.3) is 0 Å². The molecule has 4 nitrogen and oxygen atoms in total. The summed E-state index contributed by atoms with van der Waals surface area (Å²) in [6.45, 7) is 5.26. The summed E-state index contributed by atoms with van der Waals surface area (Å²) >= 11 is 0. The third kappa shape index (κ3) is 2.14. The van der Waals surface area contributed by atoms with Gasteiger partial charge in [-0.25, -0.2) is 4.79 Å². The van der Waals surface area contributed by atoms with Crippen LogP contribution >= 0.6 is 0 Å². The van der Waals surface area contributed by atoms with Gasteiger partial charge in [-0.1, -0.05) is 18.2 Å². The third-order valence-corrected chi connectivity index (χ3v) is 2.89. The fourth-order valence-electron chi connectivity index (χ4n) is 1.84. The lowest BCUT2D eigenvalue weighted by Crippen LogP contribution is -2.08. The van der Waals surface area contributed by atoms with Gasteiger partial charge in [0.2, 0.25) is 0 Å². The van der Waals surface area contributed by atoms with Gasteiger partial charge in [-0.2, -0.15) is 0 Å². The van der Waals surface area contributed by atoms with Crippen molar-refractivity contribution in [2.75, 3.05) is 0 Å². The normalized spacial score (nSPS) is 20.3. The smallest absolute Gasteiger partial charge is 0.344 e. The molecule has 0 fully saturated rings. The topological polar surface area (TPSA) is 58.9 Å². The Hall–Kier alpha value is -2.10. The quantitative estimate of drug-likeness (QED) is 0.643. The van der Waals surface area contributed by atoms with Gasteiger partial charge in [0, 0.05) is 0 Å². The number of carbonyl (C=O) groups excluding carboxylic acids is 1. The van der Waals surface area contributed by atoms with Crippen molar-refractivity contribution in [3.8, 4) is 0 Å². The molecule has 0 aliphatic carbocycles. The van der Waals surface area contributed by atoms with Crippen molar-refractivity contribution in [3.63, 3.8) is 0 Å². The SMILES string of the molecule is CC(=Nc1ccccc1C)C1=C(O)[C@H](C)OC1=O. The molecule has 0 amide bonds. The Balaban J connectivity index is 2.41. The van der Waals surface area contributed by atoms with Crippen molar-refractivity contribution in [3.05, 3.63) is 41.2 Å². The molecule has 0 radical (unpaired) electrons. The molecular weight excluding hydrogens is 230 g/mol. The molecule has 0 saturated heterocycles. The van der Waals surface area contributed by atoms with Crippen LogP contribution < -0.4 is 0 Å². The number of aryl methyl sites for hydroxylation is 1. The average molecular weight is 245 g/mol. The second-order valence-electron chi connectivity index (χ2n) is 4.29. The number of aliphatic hydroxyl groups excluding tert-OH is 1. The van der Waals surface area contributed by atoms with Crippen LogP contribution in [0.2, 0.25) is 0 Å². The van der Waals surface area contributed by atoms with Crippen molar-refractivity contribution in [1.82, 2.24) is 0 Å². The van der Waals surface area contributed by atoms with E-state index in [2.05, 4.69) is 4.99 Å². The number of nitrogens with zero attached hydrogens (tertiary/aromatic N) is 1. The van der Waals surface area contributed by atoms with Crippen LogP contribution in [-0.2, 0) is 9.53 Å². The van der Waals surface area contributed by atoms with Crippen LogP contribution in [0.25, 0.3) is 0 Å². The molecule has 0 spiro atoms. The molecule has 0 bridgehead atoms. The van der Waals surface area contributed by atoms with Crippen LogP contribution in [0, 0.1) is 6.92 Å². The van der Waals surface area contributed by atoms with Crippen LogP contribution in [0.3, 0.4) is 0 Å². The molecule has 1 aromatic rings. The van der Waals surface area contributed by atoms with Gasteiger partial charge in [-0.3, -0.25) is 4.99 Å². The zero-order valence-corrected chi connectivity index (χ0v) is 10.6. The number of benzene rings is 1. The van der Waals surface area contributed by atoms with E-state index in [-0.39, 0.29) is 11.3 Å². The lowest BCUT2D eigenvalue weighted by molar-refractivity contribution is -0.139. The standard InChI is InChI=1S/C14H15NO3/c1-8-6-4-5-7-11(8)15-9(2)12-13(16)10(3)18-14(12)17/h4-7,10,16H,1-3H3/t10-/m0/s1. The Bertz CT molecular complexity index is 558. The lowest BCUT2D eigenvalue weighted by Gasteiger charge is -2.02. The summed E-state index contributed by atoms with van der Waals surface area (Å²) in [6.07, 6.45) is -0.588. The van der Waals surface area contributed by atoms with E-state index in [9.17, 15) is 9.90 Å². The van der Waals surface area contributed by atoms with Crippen molar-refractivity contribution >= 4 is 17.4 Å². The van der Waals surface area contributed by atoms with Crippen molar-refractivity contribution < 1.29 is 14.6 Å². The molecule has 4 heteroatoms. The summed E-state index contributed by atoms with van der Waals surface area (Å²) in [5, 5.41) is 9.80. The van der Waals surface area contributed by atoms with Gasteiger partial charge in [-0.15, -0.1) is 0 Å². The van der Waals surface area contributed by atoms with E-state index in [0.29, 0.717) is 5.71 Å². The predicted octanol–water partition coefficient (Wildman–Crippen LogP) is 2.84. The summed E-state index contributed by atoms with van der Waals surface area (Å²) in [5.41, 5.74) is 2.43. The van der Waals surface area contributed by atoms with E-state index in [0.717, 1.165) is 11.3 Å². The number of hydrogen-bond donors (Lipinski definition) is 1. The molecule has 2 rings (SSSR count). The number of hydrogen-bond acceptors (Lipinski definition) is 4. The molecule has 0 saturated carbocycles. The minimum atomic E-state index is -0.588. The minimum Gasteiger partial charge on any atom is -0.507 e. The summed E-state index contributed by atoms with van der Waals surface area (Å²) in [7, 11) is 0. The van der Waals surface area contributed by atoms with Crippen molar-refractivity contribution in [2.45, 2.75) is 26.9 Å². The van der Waals surface area contributed by atoms with E-state index in [4.69, 9.17) is 4.74 Å². The maximum absolute atomic E-state index is 11.6. The van der Waals surface area contributed by atoms with Crippen LogP contribution in [0.4, 0.5) is 5.69 Å². The molecule has 1 aliphatic heterocycles. The maximum atomic E-state index is 11.6. The Morgan fingerprint density at radius 2 is 2.06 bits per heavy atom. The highest BCUT2D eigenvalue weighted by atomic mass is 16.6. The minimum absolute atomic E-state index is 0.0464. The van der Waals surface area contributed by atoms with Gasteiger partial charge < -0.3 is 9.84 Å². The Morgan fingerprint density at radius 3 is 2.61 bits per heavy atom. The fraction of sp³-hybridized carbons (Fsp3) is 0.286. The number of aliphatic imine (C=N–C) groups is 1. The number of aliphatic hydroxyl groups is 1. The molecule has 94 valence electrons. The van der Waals surface area contributed by atoms with Gasteiger partial charge in [-0.05, 0) is 32.4 Å². The van der Waals surface area contributed by atoms with E-state index >= 15 is 0 Å². The number of esters is 1. The average Bonchev–Trinajstić information content (AvgIpc) is 2.56. The molecule has 1 aliphatic rings. The van der Waals surface area contributed by atoms with E-state index in [1.54, 1.807) is 13.8 Å². The number of rotatable bonds is 2. The summed E-state index contributed by atoms with van der Waals surface area (Å²) in [4.78, 5) is 16.0. The van der Waals surface area contributed by atoms with Crippen LogP contribution in [0.5, 0.6) is 0 Å². The predicted molar refractivity (Wildman–Crippen MR) is 69.2 cm³/mol. The van der Waals surface area contributed by atoms with Crippen molar-refractivity contribution in [1.29, 1.82) is 0 Å². The maximum Gasteiger partial charge on any atom is 0.344 e. The van der Waals surface area contributed by atoms with Crippen LogP contribution in [0.1, 0.15) is 19.4 Å². The molecule has 1 atom stereocenters. The third-order valence-electron chi connectivity index (χ3n) is 2.89. The number of cyclic esters (lactones) is 1. The van der Waals surface area contributed by atoms with Crippen molar-refractivity contribution in [2.24, 2.45) is 4.99 Å². The highest BCUT2D eigenvalue weighted by molar-refractivity contribution is 6.21. The van der Waals surface area contributed by atoms with E-state index in [1.807, 2.05) is 31.2 Å². The Labute approximate surface area is 106 Å². The number of carbonyl (C=O) groups is 1. The number of ether oxygens (including phenoxy) is 1. The summed E-state index contributed by atoms with van der Waals surface area (Å²) in [6, 6.07) is 7.60. The molecule has 0 unspecified atom stereocenters. The first-order valence-corrected chi connectivity index (χ1v) is 5.76. The van der Waals surface area contributed by atoms with Gasteiger partial charge in [0.05, 0.1) is 11.4 Å². The summed E-state index contributed by atoms with van der Waals surface area (Å²) in [5.74, 6) is -0.565. The highest BCUT2D eigenvalue weighted by Crippen LogP contribution is 2.24. The lowest BCUT2D eigenvalue weighted by atomic mass is 10.1. The molecule has 1 heterocycles. The van der Waals surface area contributed by atoms with E-state index in [1.165, 1.54) is 0 Å². The fourth-order valence-corrected chi connectivity index (χ4v) is 1.84. The Kier molecular flexibility index (Phi) is 3.19. The van der Waals surface area contributed by atoms with E-state index < -0.39 is 12.1 Å². The van der Waals surface area contributed by atoms with Gasteiger partial charge in [0.1, 0.15) is 11.3 Å². The molecular formula is C14H15NO3.